The second-order valence-corrected chi connectivity index (χ2v) is 9.01. The van der Waals surface area contributed by atoms with E-state index in [0.717, 1.165) is 47.2 Å². The molecule has 1 aliphatic carbocycles. The lowest BCUT2D eigenvalue weighted by molar-refractivity contribution is -0.122. The Morgan fingerprint density at radius 3 is 2.74 bits per heavy atom. The molecular formula is C24H26FN5O. The minimum atomic E-state index is -0.272. The molecule has 1 amide bonds. The van der Waals surface area contributed by atoms with Gasteiger partial charge in [0.25, 0.3) is 0 Å². The molecule has 2 fully saturated rings. The van der Waals surface area contributed by atoms with Crippen molar-refractivity contribution in [3.05, 3.63) is 59.4 Å². The fourth-order valence-corrected chi connectivity index (χ4v) is 4.77. The molecule has 0 bridgehead atoms. The van der Waals surface area contributed by atoms with E-state index in [4.69, 9.17) is 15.7 Å². The highest BCUT2D eigenvalue weighted by molar-refractivity contribution is 5.92. The smallest absolute Gasteiger partial charge is 0.225 e. The molecule has 31 heavy (non-hydrogen) atoms. The van der Waals surface area contributed by atoms with Crippen molar-refractivity contribution in [1.82, 2.24) is 9.97 Å². The van der Waals surface area contributed by atoms with Gasteiger partial charge in [-0.15, -0.1) is 0 Å². The molecule has 2 atom stereocenters. The molecule has 2 heterocycles. The fraction of sp³-hybridized carbons (Fsp3) is 0.375. The maximum atomic E-state index is 13.7. The number of halogens is 1. The number of fused-ring (bicyclic) bond motifs is 1. The second-order valence-electron chi connectivity index (χ2n) is 9.01. The highest BCUT2D eigenvalue weighted by Crippen LogP contribution is 2.57. The second kappa shape index (κ2) is 7.18. The van der Waals surface area contributed by atoms with Crippen molar-refractivity contribution in [2.24, 2.45) is 17.1 Å². The lowest BCUT2D eigenvalue weighted by Crippen LogP contribution is -2.30. The summed E-state index contributed by atoms with van der Waals surface area (Å²) in [6, 6.07) is 12.5. The molecule has 2 aromatic carbocycles. The first-order chi connectivity index (χ1) is 14.8. The first-order valence-corrected chi connectivity index (χ1v) is 10.7. The third-order valence-corrected chi connectivity index (χ3v) is 6.71. The van der Waals surface area contributed by atoms with Crippen molar-refractivity contribution in [3.63, 3.8) is 0 Å². The molecule has 160 valence electrons. The highest BCUT2D eigenvalue weighted by atomic mass is 19.1. The Labute approximate surface area is 180 Å². The molecule has 3 aromatic rings. The first kappa shape index (κ1) is 19.7. The minimum absolute atomic E-state index is 0.00372. The zero-order chi connectivity index (χ0) is 21.8. The maximum Gasteiger partial charge on any atom is 0.225 e. The van der Waals surface area contributed by atoms with E-state index >= 15 is 0 Å². The van der Waals surface area contributed by atoms with Crippen LogP contribution in [0.4, 0.5) is 16.2 Å². The van der Waals surface area contributed by atoms with Gasteiger partial charge in [0.2, 0.25) is 11.9 Å². The number of hydrogen-bond donors (Lipinski definition) is 2. The molecule has 6 nitrogen and oxygen atoms in total. The van der Waals surface area contributed by atoms with Crippen LogP contribution in [0.15, 0.2) is 42.5 Å². The summed E-state index contributed by atoms with van der Waals surface area (Å²) >= 11 is 0. The number of aryl methyl sites for hydroxylation is 1. The van der Waals surface area contributed by atoms with Gasteiger partial charge >= 0.3 is 0 Å². The van der Waals surface area contributed by atoms with Crippen molar-refractivity contribution >= 4 is 28.6 Å². The highest BCUT2D eigenvalue weighted by Gasteiger charge is 2.57. The third kappa shape index (κ3) is 3.58. The summed E-state index contributed by atoms with van der Waals surface area (Å²) in [5, 5.41) is 4.28. The average Bonchev–Trinajstić information content (AvgIpc) is 3.38. The van der Waals surface area contributed by atoms with Gasteiger partial charge in [-0.2, -0.15) is 4.98 Å². The molecule has 2 aliphatic rings. The van der Waals surface area contributed by atoms with E-state index in [9.17, 15) is 9.18 Å². The average molecular weight is 420 g/mol. The van der Waals surface area contributed by atoms with Gasteiger partial charge in [-0.1, -0.05) is 18.2 Å². The Kier molecular flexibility index (Phi) is 4.57. The number of amides is 1. The van der Waals surface area contributed by atoms with E-state index in [1.165, 1.54) is 12.1 Å². The fourth-order valence-electron chi connectivity index (χ4n) is 4.77. The number of hydrogen-bond acceptors (Lipinski definition) is 5. The summed E-state index contributed by atoms with van der Waals surface area (Å²) in [6.07, 6.45) is 2.06. The number of primary amides is 1. The number of aromatic nitrogens is 2. The summed E-state index contributed by atoms with van der Waals surface area (Å²) in [5.41, 5.74) is 8.48. The van der Waals surface area contributed by atoms with E-state index in [-0.39, 0.29) is 29.1 Å². The van der Waals surface area contributed by atoms with Gasteiger partial charge in [-0.25, -0.2) is 9.37 Å². The largest absolute Gasteiger partial charge is 0.369 e. The zero-order valence-corrected chi connectivity index (χ0v) is 17.7. The first-order valence-electron chi connectivity index (χ1n) is 10.7. The lowest BCUT2D eigenvalue weighted by Gasteiger charge is -2.22. The van der Waals surface area contributed by atoms with Gasteiger partial charge in [0, 0.05) is 23.9 Å². The van der Waals surface area contributed by atoms with Gasteiger partial charge in [0.1, 0.15) is 11.6 Å². The van der Waals surface area contributed by atoms with Gasteiger partial charge < -0.3 is 16.0 Å². The van der Waals surface area contributed by atoms with Crippen LogP contribution in [-0.2, 0) is 4.79 Å². The summed E-state index contributed by atoms with van der Waals surface area (Å²) in [5.74, 6) is 0.648. The van der Waals surface area contributed by atoms with Gasteiger partial charge in [0.15, 0.2) is 0 Å². The number of anilines is 2. The van der Waals surface area contributed by atoms with Gasteiger partial charge in [0.05, 0.1) is 17.5 Å². The minimum Gasteiger partial charge on any atom is -0.369 e. The van der Waals surface area contributed by atoms with Crippen molar-refractivity contribution in [2.75, 3.05) is 23.3 Å². The quantitative estimate of drug-likeness (QED) is 0.654. The molecule has 3 N–H and O–H groups in total. The Bertz CT molecular complexity index is 1180. The number of carbonyl (C=O) groups excluding carboxylic acids is 1. The lowest BCUT2D eigenvalue weighted by atomic mass is 9.92. The molecule has 7 heteroatoms. The third-order valence-electron chi connectivity index (χ3n) is 6.71. The van der Waals surface area contributed by atoms with Crippen LogP contribution in [0.3, 0.4) is 0 Å². The predicted octanol–water partition coefficient (Wildman–Crippen LogP) is 3.95. The van der Waals surface area contributed by atoms with Crippen molar-refractivity contribution in [1.29, 1.82) is 0 Å². The normalized spacial score (nSPS) is 20.2. The van der Waals surface area contributed by atoms with Gasteiger partial charge in [-0.05, 0) is 62.1 Å². The van der Waals surface area contributed by atoms with Crippen LogP contribution in [0.2, 0.25) is 0 Å². The molecule has 1 aromatic heterocycles. The molecule has 1 saturated carbocycles. The van der Waals surface area contributed by atoms with E-state index in [1.807, 2.05) is 38.1 Å². The van der Waals surface area contributed by atoms with Crippen LogP contribution >= 0.6 is 0 Å². The number of nitrogens with one attached hydrogen (secondary N) is 1. The number of carbonyl (C=O) groups is 1. The molecule has 1 aliphatic heterocycles. The Morgan fingerprint density at radius 2 is 2.06 bits per heavy atom. The molecule has 5 rings (SSSR count). The van der Waals surface area contributed by atoms with E-state index < -0.39 is 0 Å². The van der Waals surface area contributed by atoms with E-state index in [1.54, 1.807) is 6.07 Å². The zero-order valence-electron chi connectivity index (χ0n) is 17.7. The number of rotatable bonds is 5. The van der Waals surface area contributed by atoms with Crippen molar-refractivity contribution < 1.29 is 9.18 Å². The summed E-state index contributed by atoms with van der Waals surface area (Å²) in [6.45, 7) is 5.34. The standard InChI is InChI=1S/C24H26FN5O/c1-14-6-7-18-20(10-14)28-23(27-15(2)16-4-3-5-17(25)11-16)29-22(18)30-12-19(21(26)31)24(13-30)8-9-24/h3-7,10-11,15,19H,8-9,12-13H2,1-2H3,(H2,26,31)(H,27,28,29)/t15-,19?/m1/s1. The molecule has 1 unspecified atom stereocenters. The Balaban J connectivity index is 1.53. The number of nitrogens with two attached hydrogens (primary N) is 1. The summed E-state index contributed by atoms with van der Waals surface area (Å²) < 4.78 is 13.7. The Morgan fingerprint density at radius 1 is 1.26 bits per heavy atom. The number of nitrogens with zero attached hydrogens (tertiary/aromatic N) is 3. The van der Waals surface area contributed by atoms with Crippen LogP contribution in [0.5, 0.6) is 0 Å². The maximum absolute atomic E-state index is 13.7. The summed E-state index contributed by atoms with van der Waals surface area (Å²) in [7, 11) is 0. The summed E-state index contributed by atoms with van der Waals surface area (Å²) in [4.78, 5) is 23.8. The van der Waals surface area contributed by atoms with Crippen LogP contribution in [-0.4, -0.2) is 29.0 Å². The predicted molar refractivity (Wildman–Crippen MR) is 119 cm³/mol. The van der Waals surface area contributed by atoms with Crippen molar-refractivity contribution in [2.45, 2.75) is 32.7 Å². The Hall–Kier alpha value is -3.22. The molecule has 1 spiro atoms. The van der Waals surface area contributed by atoms with Crippen molar-refractivity contribution in [3.8, 4) is 0 Å². The van der Waals surface area contributed by atoms with E-state index in [2.05, 4.69) is 10.2 Å². The van der Waals surface area contributed by atoms with Crippen LogP contribution in [0.1, 0.15) is 36.9 Å². The number of benzene rings is 2. The van der Waals surface area contributed by atoms with Gasteiger partial charge in [-0.3, -0.25) is 4.79 Å². The van der Waals surface area contributed by atoms with Crippen LogP contribution < -0.4 is 16.0 Å². The van der Waals surface area contributed by atoms with E-state index in [0.29, 0.717) is 12.5 Å². The van der Waals surface area contributed by atoms with Crippen LogP contribution in [0.25, 0.3) is 10.9 Å². The van der Waals surface area contributed by atoms with Crippen LogP contribution in [0, 0.1) is 24.1 Å². The SMILES string of the molecule is Cc1ccc2c(N3CC(C(N)=O)C4(CC4)C3)nc(N[C@H](C)c3cccc(F)c3)nc2c1. The topological polar surface area (TPSA) is 84.1 Å². The molecule has 1 saturated heterocycles. The molecule has 0 radical (unpaired) electrons. The molecular weight excluding hydrogens is 393 g/mol. The monoisotopic (exact) mass is 419 g/mol.